The van der Waals surface area contributed by atoms with Gasteiger partial charge in [0, 0.05) is 43.1 Å². The summed E-state index contributed by atoms with van der Waals surface area (Å²) in [4.78, 5) is 26.2. The van der Waals surface area contributed by atoms with Gasteiger partial charge in [0.05, 0.1) is 34.9 Å². The number of nitrogens with zero attached hydrogens (tertiary/aromatic N) is 4. The van der Waals surface area contributed by atoms with Gasteiger partial charge in [-0.1, -0.05) is 51.3 Å². The molecule has 1 amide bonds. The van der Waals surface area contributed by atoms with Crippen molar-refractivity contribution in [1.29, 1.82) is 0 Å². The third-order valence-electron chi connectivity index (χ3n) is 8.56. The zero-order valence-corrected chi connectivity index (χ0v) is 24.3. The molecular weight excluding hydrogens is 510 g/mol. The Bertz CT molecular complexity index is 1390. The first kappa shape index (κ1) is 27.5. The monoisotopic (exact) mass is 545 g/mol. The van der Waals surface area contributed by atoms with Gasteiger partial charge >= 0.3 is 0 Å². The molecule has 0 bridgehead atoms. The number of piperazine rings is 1. The number of amides is 1. The van der Waals surface area contributed by atoms with Crippen molar-refractivity contribution >= 4 is 23.2 Å². The molecule has 1 aromatic heterocycles. The van der Waals surface area contributed by atoms with E-state index in [1.165, 1.54) is 0 Å². The van der Waals surface area contributed by atoms with E-state index >= 15 is 0 Å². The van der Waals surface area contributed by atoms with Crippen LogP contribution in [-0.4, -0.2) is 64.6 Å². The Kier molecular flexibility index (Phi) is 6.92. The van der Waals surface area contributed by atoms with Crippen LogP contribution < -0.4 is 10.1 Å². The molecule has 3 heterocycles. The number of hydrogen-bond donors (Lipinski definition) is 1. The van der Waals surface area contributed by atoms with Crippen LogP contribution in [0.4, 0.5) is 5.69 Å². The summed E-state index contributed by atoms with van der Waals surface area (Å²) in [6, 6.07) is 8.85. The highest BCUT2D eigenvalue weighted by Gasteiger charge is 2.67. The molecule has 39 heavy (non-hydrogen) atoms. The number of hydrogen-bond acceptors (Lipinski definition) is 5. The van der Waals surface area contributed by atoms with E-state index in [1.54, 1.807) is 18.2 Å². The SMILES string of the molecule is [C-]#[N+]c1ccc(OC2C(C)(C)C(N3Cc4nc(C#CC(C)(C)N5CCNCC5)ccc4C3=O)C2(C)C)cc1Cl. The fourth-order valence-corrected chi connectivity index (χ4v) is 7.22. The van der Waals surface area contributed by atoms with E-state index in [-0.39, 0.29) is 34.4 Å². The number of rotatable bonds is 4. The van der Waals surface area contributed by atoms with Crippen molar-refractivity contribution in [2.75, 3.05) is 26.2 Å². The summed E-state index contributed by atoms with van der Waals surface area (Å²) in [5, 5.41) is 3.76. The first-order valence-electron chi connectivity index (χ1n) is 13.5. The van der Waals surface area contributed by atoms with Crippen molar-refractivity contribution < 1.29 is 9.53 Å². The smallest absolute Gasteiger partial charge is 0.256 e. The minimum absolute atomic E-state index is 0.00668. The molecule has 204 valence electrons. The van der Waals surface area contributed by atoms with Gasteiger partial charge in [-0.05, 0) is 44.0 Å². The second kappa shape index (κ2) is 9.82. The van der Waals surface area contributed by atoms with Crippen LogP contribution in [0, 0.1) is 29.2 Å². The molecule has 0 radical (unpaired) electrons. The van der Waals surface area contributed by atoms with Gasteiger partial charge in [-0.25, -0.2) is 9.83 Å². The van der Waals surface area contributed by atoms with E-state index in [4.69, 9.17) is 27.9 Å². The van der Waals surface area contributed by atoms with Gasteiger partial charge < -0.3 is 15.0 Å². The predicted molar refractivity (Wildman–Crippen MR) is 153 cm³/mol. The summed E-state index contributed by atoms with van der Waals surface area (Å²) in [5.74, 6) is 7.32. The molecule has 7 nitrogen and oxygen atoms in total. The fraction of sp³-hybridized carbons (Fsp3) is 0.516. The topological polar surface area (TPSA) is 62.1 Å². The quantitative estimate of drug-likeness (QED) is 0.425. The molecule has 2 fully saturated rings. The normalized spacial score (nSPS) is 23.7. The number of aromatic nitrogens is 1. The summed E-state index contributed by atoms with van der Waals surface area (Å²) in [6.07, 6.45) is -0.150. The number of halogens is 1. The van der Waals surface area contributed by atoms with Crippen LogP contribution >= 0.6 is 11.6 Å². The van der Waals surface area contributed by atoms with E-state index in [2.05, 4.69) is 68.4 Å². The summed E-state index contributed by atoms with van der Waals surface area (Å²) in [5.41, 5.74) is 1.64. The lowest BCUT2D eigenvalue weighted by atomic mass is 9.49. The maximum atomic E-state index is 13.6. The summed E-state index contributed by atoms with van der Waals surface area (Å²) in [6.45, 7) is 24.4. The van der Waals surface area contributed by atoms with Crippen molar-refractivity contribution in [3.8, 4) is 17.6 Å². The summed E-state index contributed by atoms with van der Waals surface area (Å²) >= 11 is 6.25. The number of carbonyl (C=O) groups excluding carboxylic acids is 1. The first-order valence-corrected chi connectivity index (χ1v) is 13.9. The average Bonchev–Trinajstić information content (AvgIpc) is 3.20. The highest BCUT2D eigenvalue weighted by molar-refractivity contribution is 6.33. The fourth-order valence-electron chi connectivity index (χ4n) is 7.01. The maximum Gasteiger partial charge on any atom is 0.256 e. The molecule has 1 aromatic carbocycles. The summed E-state index contributed by atoms with van der Waals surface area (Å²) in [7, 11) is 0. The molecule has 3 aliphatic rings. The number of pyridine rings is 1. The molecule has 1 aliphatic carbocycles. The Balaban J connectivity index is 1.33. The lowest BCUT2D eigenvalue weighted by molar-refractivity contribution is -0.199. The van der Waals surface area contributed by atoms with Gasteiger partial charge in [-0.3, -0.25) is 9.69 Å². The van der Waals surface area contributed by atoms with Crippen LogP contribution in [0.25, 0.3) is 4.85 Å². The highest BCUT2D eigenvalue weighted by atomic mass is 35.5. The first-order chi connectivity index (χ1) is 18.4. The minimum Gasteiger partial charge on any atom is -0.489 e. The Labute approximate surface area is 236 Å². The molecule has 5 rings (SSSR count). The van der Waals surface area contributed by atoms with Gasteiger partial charge in [-0.2, -0.15) is 0 Å². The third-order valence-corrected chi connectivity index (χ3v) is 8.86. The Morgan fingerprint density at radius 2 is 1.85 bits per heavy atom. The van der Waals surface area contributed by atoms with E-state index in [1.807, 2.05) is 17.0 Å². The highest BCUT2D eigenvalue weighted by Crippen LogP contribution is 2.59. The standard InChI is InChI=1S/C31H36ClN5O2/c1-29(2,36-16-14-34-15-17-36)13-12-20-8-10-22-25(35-20)19-37(26(22)38)27-30(3,4)28(31(27,5)6)39-21-9-11-24(33-7)23(32)18-21/h8-11,18,27-28,34H,14-17,19H2,1-6H3. The molecule has 0 spiro atoms. The van der Waals surface area contributed by atoms with E-state index < -0.39 is 0 Å². The van der Waals surface area contributed by atoms with Crippen LogP contribution in [0.2, 0.25) is 5.02 Å². The van der Waals surface area contributed by atoms with Gasteiger partial charge in [0.15, 0.2) is 0 Å². The lowest BCUT2D eigenvalue weighted by Crippen LogP contribution is -2.74. The Hall–Kier alpha value is -3.10. The van der Waals surface area contributed by atoms with Gasteiger partial charge in [0.1, 0.15) is 17.5 Å². The van der Waals surface area contributed by atoms with Crippen LogP contribution in [0.3, 0.4) is 0 Å². The molecule has 0 unspecified atom stereocenters. The van der Waals surface area contributed by atoms with Gasteiger partial charge in [-0.15, -0.1) is 0 Å². The molecule has 1 saturated heterocycles. The van der Waals surface area contributed by atoms with Crippen LogP contribution in [-0.2, 0) is 6.54 Å². The number of nitrogens with one attached hydrogen (secondary N) is 1. The van der Waals surface area contributed by atoms with Crippen molar-refractivity contribution in [3.63, 3.8) is 0 Å². The number of fused-ring (bicyclic) bond motifs is 1. The van der Waals surface area contributed by atoms with Crippen LogP contribution in [0.15, 0.2) is 30.3 Å². The second-order valence-corrected chi connectivity index (χ2v) is 12.8. The number of benzene rings is 1. The van der Waals surface area contributed by atoms with Crippen molar-refractivity contribution in [1.82, 2.24) is 20.1 Å². The molecule has 0 atom stereocenters. The molecule has 2 aliphatic heterocycles. The van der Waals surface area contributed by atoms with Gasteiger partial charge in [0.2, 0.25) is 5.69 Å². The average molecular weight is 546 g/mol. The number of carbonyl (C=O) groups is 1. The van der Waals surface area contributed by atoms with Crippen molar-refractivity contribution in [3.05, 3.63) is 63.7 Å². The molecular formula is C31H36ClN5O2. The lowest BCUT2D eigenvalue weighted by Gasteiger charge is -2.65. The Morgan fingerprint density at radius 3 is 2.49 bits per heavy atom. The van der Waals surface area contributed by atoms with Crippen LogP contribution in [0.1, 0.15) is 63.3 Å². The third kappa shape index (κ3) is 4.78. The van der Waals surface area contributed by atoms with Crippen molar-refractivity contribution in [2.24, 2.45) is 10.8 Å². The minimum atomic E-state index is -0.317. The predicted octanol–water partition coefficient (Wildman–Crippen LogP) is 5.16. The molecule has 2 aromatic rings. The van der Waals surface area contributed by atoms with E-state index in [9.17, 15) is 4.79 Å². The van der Waals surface area contributed by atoms with E-state index in [0.717, 1.165) is 31.9 Å². The van der Waals surface area contributed by atoms with Gasteiger partial charge in [0.25, 0.3) is 5.91 Å². The second-order valence-electron chi connectivity index (χ2n) is 12.4. The largest absolute Gasteiger partial charge is 0.489 e. The zero-order valence-electron chi connectivity index (χ0n) is 23.6. The van der Waals surface area contributed by atoms with E-state index in [0.29, 0.717) is 34.3 Å². The molecule has 1 N–H and O–H groups in total. The zero-order chi connectivity index (χ0) is 28.2. The molecule has 8 heteroatoms. The van der Waals surface area contributed by atoms with Crippen molar-refractivity contribution in [2.45, 2.75) is 65.8 Å². The maximum absolute atomic E-state index is 13.6. The number of ether oxygens (including phenoxy) is 1. The molecule has 1 saturated carbocycles. The summed E-state index contributed by atoms with van der Waals surface area (Å²) < 4.78 is 6.43. The Morgan fingerprint density at radius 1 is 1.15 bits per heavy atom. The van der Waals surface area contributed by atoms with Crippen LogP contribution in [0.5, 0.6) is 5.75 Å².